The number of carbonyl (C=O) groups excluding carboxylic acids is 2. The number of alkyl halides is 3. The van der Waals surface area contributed by atoms with Gasteiger partial charge in [-0.3, -0.25) is 14.1 Å². The van der Waals surface area contributed by atoms with Crippen molar-refractivity contribution in [1.29, 1.82) is 0 Å². The van der Waals surface area contributed by atoms with Crippen LogP contribution in [0.1, 0.15) is 72.1 Å². The van der Waals surface area contributed by atoms with Crippen LogP contribution < -0.4 is 5.32 Å². The number of anilines is 1. The lowest BCUT2D eigenvalue weighted by atomic mass is 9.89. The van der Waals surface area contributed by atoms with Crippen LogP contribution >= 0.6 is 11.6 Å². The summed E-state index contributed by atoms with van der Waals surface area (Å²) in [5.41, 5.74) is 3.63. The molecule has 0 fully saturated rings. The molecule has 0 spiro atoms. The molecule has 0 saturated heterocycles. The summed E-state index contributed by atoms with van der Waals surface area (Å²) in [6.07, 6.45) is -0.165. The van der Waals surface area contributed by atoms with E-state index in [9.17, 15) is 31.2 Å². The minimum absolute atomic E-state index is 0.000494. The van der Waals surface area contributed by atoms with Gasteiger partial charge in [0.25, 0.3) is 10.1 Å². The second-order valence-electron chi connectivity index (χ2n) is 12.9. The lowest BCUT2D eigenvalue weighted by molar-refractivity contribution is -0.137. The summed E-state index contributed by atoms with van der Waals surface area (Å²) in [6, 6.07) is 24.7. The van der Waals surface area contributed by atoms with Crippen molar-refractivity contribution in [3.63, 3.8) is 0 Å². The fourth-order valence-corrected chi connectivity index (χ4v) is 5.87. The van der Waals surface area contributed by atoms with Crippen LogP contribution in [0.15, 0.2) is 97.1 Å². The van der Waals surface area contributed by atoms with E-state index in [1.807, 2.05) is 30.3 Å². The second kappa shape index (κ2) is 15.5. The number of amides is 1. The highest BCUT2D eigenvalue weighted by Gasteiger charge is 2.33. The minimum Gasteiger partial charge on any atom is -0.326 e. The second-order valence-corrected chi connectivity index (χ2v) is 14.9. The Hall–Kier alpha value is -4.25. The van der Waals surface area contributed by atoms with E-state index in [0.717, 1.165) is 22.8 Å². The minimum atomic E-state index is -4.56. The van der Waals surface area contributed by atoms with Gasteiger partial charge >= 0.3 is 6.18 Å². The average Bonchev–Trinajstić information content (AvgIpc) is 3.02. The van der Waals surface area contributed by atoms with Gasteiger partial charge in [-0.1, -0.05) is 111 Å². The molecule has 0 aromatic heterocycles. The first-order valence-electron chi connectivity index (χ1n) is 15.5. The molecule has 4 rings (SSSR count). The number of nitrogens with one attached hydrogen (secondary N) is 1. The molecule has 6 nitrogen and oxygen atoms in total. The van der Waals surface area contributed by atoms with E-state index in [-0.39, 0.29) is 29.9 Å². The van der Waals surface area contributed by atoms with Crippen molar-refractivity contribution in [3.8, 4) is 11.1 Å². The highest BCUT2D eigenvalue weighted by Crippen LogP contribution is 2.37. The molecule has 1 unspecified atom stereocenters. The molecule has 0 saturated carbocycles. The van der Waals surface area contributed by atoms with Crippen molar-refractivity contribution >= 4 is 45.2 Å². The molecular formula is C38H37ClF3NO5S. The Kier molecular flexibility index (Phi) is 11.9. The zero-order chi connectivity index (χ0) is 36.0. The van der Waals surface area contributed by atoms with E-state index in [1.54, 1.807) is 48.5 Å². The molecular weight excluding hydrogens is 675 g/mol. The highest BCUT2D eigenvalue weighted by molar-refractivity contribution is 7.85. The highest BCUT2D eigenvalue weighted by atomic mass is 35.5. The molecule has 1 atom stereocenters. The van der Waals surface area contributed by atoms with Crippen molar-refractivity contribution in [1.82, 2.24) is 0 Å². The Bertz CT molecular complexity index is 1910. The molecule has 0 aliphatic carbocycles. The molecule has 0 heterocycles. The number of benzene rings is 4. The predicted molar refractivity (Wildman–Crippen MR) is 188 cm³/mol. The zero-order valence-corrected chi connectivity index (χ0v) is 28.8. The fourth-order valence-electron chi connectivity index (χ4n) is 5.07. The fraction of sp³-hybridized carbons (Fsp3) is 0.263. The van der Waals surface area contributed by atoms with Crippen LogP contribution in [0.2, 0.25) is 5.02 Å². The van der Waals surface area contributed by atoms with Gasteiger partial charge in [0, 0.05) is 17.7 Å². The van der Waals surface area contributed by atoms with E-state index < -0.39 is 38.6 Å². The maximum atomic E-state index is 13.8. The molecule has 0 aliphatic rings. The maximum absolute atomic E-state index is 13.8. The third-order valence-corrected chi connectivity index (χ3v) is 8.83. The molecule has 0 bridgehead atoms. The third-order valence-electron chi connectivity index (χ3n) is 7.71. The van der Waals surface area contributed by atoms with Crippen LogP contribution in [0.4, 0.5) is 18.9 Å². The van der Waals surface area contributed by atoms with Gasteiger partial charge in [-0.2, -0.15) is 21.6 Å². The average molecular weight is 712 g/mol. The molecule has 1 amide bonds. The summed E-state index contributed by atoms with van der Waals surface area (Å²) in [5.74, 6) is -1.66. The van der Waals surface area contributed by atoms with Crippen molar-refractivity contribution in [3.05, 3.63) is 130 Å². The van der Waals surface area contributed by atoms with Gasteiger partial charge in [0.05, 0.1) is 22.3 Å². The standard InChI is InChI=1S/C38H37ClF3NO5S/c1-37(2,3)21-20-25-6-10-28(11-7-25)32(23-26-8-12-29(13-9-26)35(44)5-4-22-49(46,47)48)36(45)43-31-17-14-27(15-18-31)30-16-19-33(34(39)24-30)38(40,41)42/h6-21,24,32H,4-5,22-23H2,1-3H3,(H,43,45)(H,46,47,48)/b21-20+. The van der Waals surface area contributed by atoms with Gasteiger partial charge in [0.15, 0.2) is 5.78 Å². The van der Waals surface area contributed by atoms with E-state index in [0.29, 0.717) is 28.8 Å². The van der Waals surface area contributed by atoms with Crippen molar-refractivity contribution < 1.29 is 35.7 Å². The number of rotatable bonds is 12. The summed E-state index contributed by atoms with van der Waals surface area (Å²) >= 11 is 5.90. The molecule has 2 N–H and O–H groups in total. The maximum Gasteiger partial charge on any atom is 0.417 e. The van der Waals surface area contributed by atoms with Crippen LogP contribution in [-0.4, -0.2) is 30.4 Å². The lowest BCUT2D eigenvalue weighted by Gasteiger charge is -2.19. The summed E-state index contributed by atoms with van der Waals surface area (Å²) in [6.45, 7) is 6.30. The first kappa shape index (κ1) is 37.6. The normalized spacial score (nSPS) is 13.0. The Balaban J connectivity index is 1.54. The summed E-state index contributed by atoms with van der Waals surface area (Å²) < 4.78 is 70.3. The van der Waals surface area contributed by atoms with Gasteiger partial charge in [-0.25, -0.2) is 0 Å². The number of hydrogen-bond acceptors (Lipinski definition) is 4. The van der Waals surface area contributed by atoms with Crippen LogP contribution in [0.5, 0.6) is 0 Å². The van der Waals surface area contributed by atoms with Gasteiger partial charge in [-0.05, 0) is 70.3 Å². The molecule has 0 radical (unpaired) electrons. The quantitative estimate of drug-likeness (QED) is 0.113. The Labute approximate surface area is 289 Å². The molecule has 258 valence electrons. The summed E-state index contributed by atoms with van der Waals surface area (Å²) in [5, 5.41) is 2.55. The zero-order valence-electron chi connectivity index (χ0n) is 27.2. The summed E-state index contributed by atoms with van der Waals surface area (Å²) in [4.78, 5) is 26.3. The molecule has 11 heteroatoms. The SMILES string of the molecule is CC(C)(C)/C=C/c1ccc(C(Cc2ccc(C(=O)CCCS(=O)(=O)O)cc2)C(=O)Nc2ccc(-c3ccc(C(F)(F)F)c(Cl)c3)cc2)cc1. The number of allylic oxidation sites excluding steroid dienone is 1. The van der Waals surface area contributed by atoms with Crippen molar-refractivity contribution in [2.75, 3.05) is 11.1 Å². The number of hydrogen-bond donors (Lipinski definition) is 2. The van der Waals surface area contributed by atoms with Gasteiger partial charge in [0.1, 0.15) is 0 Å². The van der Waals surface area contributed by atoms with Gasteiger partial charge in [-0.15, -0.1) is 0 Å². The number of ketones is 1. The largest absolute Gasteiger partial charge is 0.417 e. The van der Waals surface area contributed by atoms with Crippen LogP contribution in [0.3, 0.4) is 0 Å². The number of halogens is 4. The molecule has 4 aromatic carbocycles. The van der Waals surface area contributed by atoms with E-state index in [2.05, 4.69) is 32.2 Å². The van der Waals surface area contributed by atoms with E-state index >= 15 is 0 Å². The number of carbonyl (C=O) groups is 2. The molecule has 4 aromatic rings. The van der Waals surface area contributed by atoms with E-state index in [4.69, 9.17) is 16.2 Å². The topological polar surface area (TPSA) is 101 Å². The van der Waals surface area contributed by atoms with Gasteiger partial charge in [0.2, 0.25) is 5.91 Å². The van der Waals surface area contributed by atoms with Crippen LogP contribution in [-0.2, 0) is 27.5 Å². The van der Waals surface area contributed by atoms with Gasteiger partial charge < -0.3 is 5.32 Å². The molecule has 0 aliphatic heterocycles. The van der Waals surface area contributed by atoms with Crippen LogP contribution in [0.25, 0.3) is 17.2 Å². The molecule has 49 heavy (non-hydrogen) atoms. The van der Waals surface area contributed by atoms with Crippen LogP contribution in [0, 0.1) is 5.41 Å². The van der Waals surface area contributed by atoms with E-state index in [1.165, 1.54) is 12.1 Å². The first-order valence-corrected chi connectivity index (χ1v) is 17.5. The first-order chi connectivity index (χ1) is 22.9. The smallest absolute Gasteiger partial charge is 0.326 e. The Morgan fingerprint density at radius 1 is 0.878 bits per heavy atom. The Morgan fingerprint density at radius 2 is 1.49 bits per heavy atom. The van der Waals surface area contributed by atoms with Crippen molar-refractivity contribution in [2.45, 2.75) is 52.1 Å². The monoisotopic (exact) mass is 711 g/mol. The van der Waals surface area contributed by atoms with Crippen molar-refractivity contribution in [2.24, 2.45) is 5.41 Å². The predicted octanol–water partition coefficient (Wildman–Crippen LogP) is 9.90. The number of Topliss-reactive ketones (excluding diaryl/α,β-unsaturated/α-hetero) is 1. The summed E-state index contributed by atoms with van der Waals surface area (Å²) in [7, 11) is -4.15. The Morgan fingerprint density at radius 3 is 2.04 bits per heavy atom. The third kappa shape index (κ3) is 11.4. The lowest BCUT2D eigenvalue weighted by Crippen LogP contribution is -2.23.